The summed E-state index contributed by atoms with van der Waals surface area (Å²) in [6.07, 6.45) is 0.131. The first-order valence-corrected chi connectivity index (χ1v) is 11.9. The molecule has 0 N–H and O–H groups in total. The molecule has 182 valence electrons. The number of carbonyl (C=O) groups excluding carboxylic acids is 2. The smallest absolute Gasteiger partial charge is 0.411 e. The van der Waals surface area contributed by atoms with Gasteiger partial charge >= 0.3 is 6.09 Å². The Morgan fingerprint density at radius 2 is 1.23 bits per heavy atom. The Morgan fingerprint density at radius 3 is 1.66 bits per heavy atom. The molecule has 0 bridgehead atoms. The van der Waals surface area contributed by atoms with Crippen molar-refractivity contribution in [2.75, 3.05) is 38.0 Å². The lowest BCUT2D eigenvalue weighted by atomic mass is 9.87. The zero-order valence-electron chi connectivity index (χ0n) is 20.8. The summed E-state index contributed by atoms with van der Waals surface area (Å²) in [5.41, 5.74) is 4.90. The highest BCUT2D eigenvalue weighted by Gasteiger charge is 2.40. The van der Waals surface area contributed by atoms with E-state index in [0.29, 0.717) is 0 Å². The van der Waals surface area contributed by atoms with E-state index in [4.69, 9.17) is 4.74 Å². The lowest BCUT2D eigenvalue weighted by Gasteiger charge is -2.41. The first-order valence-electron chi connectivity index (χ1n) is 11.9. The van der Waals surface area contributed by atoms with E-state index in [9.17, 15) is 9.59 Å². The number of anilines is 2. The number of hydrogen-bond donors (Lipinski definition) is 0. The Morgan fingerprint density at radius 1 is 0.771 bits per heavy atom. The first kappa shape index (κ1) is 24.3. The summed E-state index contributed by atoms with van der Waals surface area (Å²) in [6, 6.07) is 24.9. The highest BCUT2D eigenvalue weighted by molar-refractivity contribution is 5.84. The summed E-state index contributed by atoms with van der Waals surface area (Å²) in [5.74, 6) is 0.139. The minimum atomic E-state index is -0.412. The predicted octanol–water partition coefficient (Wildman–Crippen LogP) is 5.60. The number of ketones is 1. The van der Waals surface area contributed by atoms with E-state index in [1.54, 1.807) is 4.90 Å². The Bertz CT molecular complexity index is 1080. The molecule has 0 aliphatic carbocycles. The van der Waals surface area contributed by atoms with Crippen molar-refractivity contribution in [1.82, 2.24) is 4.90 Å². The number of piperidine rings is 1. The average Bonchev–Trinajstić information content (AvgIpc) is 2.87. The largest absolute Gasteiger partial charge is 0.445 e. The number of rotatable bonds is 6. The molecule has 0 spiro atoms. The number of ether oxygens (including phenoxy) is 1. The van der Waals surface area contributed by atoms with E-state index in [1.165, 1.54) is 0 Å². The fourth-order valence-electron chi connectivity index (χ4n) is 4.52. The molecule has 0 radical (unpaired) electrons. The lowest BCUT2D eigenvalue weighted by molar-refractivity contribution is -0.125. The second kappa shape index (κ2) is 10.6. The van der Waals surface area contributed by atoms with Gasteiger partial charge in [-0.15, -0.1) is 0 Å². The maximum absolute atomic E-state index is 13.6. The van der Waals surface area contributed by atoms with Crippen LogP contribution in [-0.2, 0) is 16.1 Å². The van der Waals surface area contributed by atoms with E-state index in [2.05, 4.69) is 0 Å². The van der Waals surface area contributed by atoms with Gasteiger partial charge in [-0.1, -0.05) is 54.6 Å². The van der Waals surface area contributed by atoms with Crippen LogP contribution in [0.2, 0.25) is 0 Å². The van der Waals surface area contributed by atoms with Crippen molar-refractivity contribution in [3.63, 3.8) is 0 Å². The van der Waals surface area contributed by atoms with E-state index in [0.717, 1.165) is 28.1 Å². The summed E-state index contributed by atoms with van der Waals surface area (Å²) in [5, 5.41) is 0. The normalized spacial score (nSPS) is 17.7. The standard InChI is InChI=1S/C29H33N3O3/c1-30(2)24-14-10-22(11-15-24)27-18-26(33)19-28(23-12-16-25(17-13-23)31(3)4)32(27)29(34)35-20-21-8-6-5-7-9-21/h5-17,27-28H,18-20H2,1-4H3/t27-,28-/m1/s1. The summed E-state index contributed by atoms with van der Waals surface area (Å²) >= 11 is 0. The third kappa shape index (κ3) is 5.65. The quantitative estimate of drug-likeness (QED) is 0.468. The topological polar surface area (TPSA) is 53.1 Å². The molecule has 1 amide bonds. The predicted molar refractivity (Wildman–Crippen MR) is 140 cm³/mol. The minimum absolute atomic E-state index is 0.139. The SMILES string of the molecule is CN(C)c1ccc([C@H]2CC(=O)C[C@H](c3ccc(N(C)C)cc3)N2C(=O)OCc2ccccc2)cc1. The number of amides is 1. The van der Waals surface area contributed by atoms with Crippen LogP contribution in [0.15, 0.2) is 78.9 Å². The van der Waals surface area contributed by atoms with Crippen LogP contribution < -0.4 is 9.80 Å². The molecule has 6 heteroatoms. The van der Waals surface area contributed by atoms with Gasteiger partial charge in [-0.2, -0.15) is 0 Å². The molecule has 35 heavy (non-hydrogen) atoms. The molecule has 1 saturated heterocycles. The van der Waals surface area contributed by atoms with E-state index < -0.39 is 18.2 Å². The number of hydrogen-bond acceptors (Lipinski definition) is 5. The Kier molecular flexibility index (Phi) is 7.39. The van der Waals surface area contributed by atoms with Crippen LogP contribution in [0.4, 0.5) is 16.2 Å². The van der Waals surface area contributed by atoms with E-state index in [-0.39, 0.29) is 25.2 Å². The van der Waals surface area contributed by atoms with Crippen LogP contribution in [0, 0.1) is 0 Å². The van der Waals surface area contributed by atoms with Crippen molar-refractivity contribution in [2.45, 2.75) is 31.5 Å². The Hall–Kier alpha value is -3.80. The van der Waals surface area contributed by atoms with Crippen molar-refractivity contribution >= 4 is 23.3 Å². The van der Waals surface area contributed by atoms with Crippen molar-refractivity contribution in [2.24, 2.45) is 0 Å². The summed E-state index contributed by atoms with van der Waals surface area (Å²) in [7, 11) is 7.94. The molecule has 0 saturated carbocycles. The van der Waals surface area contributed by atoms with Gasteiger partial charge in [-0.3, -0.25) is 9.69 Å². The van der Waals surface area contributed by atoms with Gasteiger partial charge in [0, 0.05) is 52.4 Å². The number of likely N-dealkylation sites (tertiary alicyclic amines) is 1. The molecule has 4 rings (SSSR count). The van der Waals surface area contributed by atoms with Crippen molar-refractivity contribution in [1.29, 1.82) is 0 Å². The van der Waals surface area contributed by atoms with Crippen LogP contribution in [-0.4, -0.2) is 45.0 Å². The zero-order valence-corrected chi connectivity index (χ0v) is 20.8. The molecule has 0 unspecified atom stereocenters. The molecule has 6 nitrogen and oxygen atoms in total. The monoisotopic (exact) mass is 471 g/mol. The van der Waals surface area contributed by atoms with Crippen LogP contribution in [0.3, 0.4) is 0 Å². The second-order valence-corrected chi connectivity index (χ2v) is 9.40. The van der Waals surface area contributed by atoms with Gasteiger partial charge < -0.3 is 14.5 Å². The van der Waals surface area contributed by atoms with E-state index in [1.807, 2.05) is 117 Å². The molecule has 1 heterocycles. The van der Waals surface area contributed by atoms with Crippen LogP contribution >= 0.6 is 0 Å². The van der Waals surface area contributed by atoms with Gasteiger partial charge in [-0.05, 0) is 41.0 Å². The Balaban J connectivity index is 1.68. The molecule has 2 atom stereocenters. The molecule has 3 aromatic carbocycles. The van der Waals surface area contributed by atoms with Gasteiger partial charge in [-0.25, -0.2) is 4.79 Å². The van der Waals surface area contributed by atoms with Crippen molar-refractivity contribution < 1.29 is 14.3 Å². The summed E-state index contributed by atoms with van der Waals surface area (Å²) in [6.45, 7) is 0.183. The van der Waals surface area contributed by atoms with Gasteiger partial charge in [0.15, 0.2) is 0 Å². The molecule has 1 aliphatic rings. The fraction of sp³-hybridized carbons (Fsp3) is 0.310. The lowest BCUT2D eigenvalue weighted by Crippen LogP contribution is -2.43. The fourth-order valence-corrected chi connectivity index (χ4v) is 4.52. The maximum atomic E-state index is 13.6. The van der Waals surface area contributed by atoms with Crippen LogP contribution in [0.1, 0.15) is 41.6 Å². The highest BCUT2D eigenvalue weighted by atomic mass is 16.6. The average molecular weight is 472 g/mol. The van der Waals surface area contributed by atoms with Gasteiger partial charge in [0.25, 0.3) is 0 Å². The zero-order chi connectivity index (χ0) is 24.9. The van der Waals surface area contributed by atoms with Crippen LogP contribution in [0.5, 0.6) is 0 Å². The number of benzene rings is 3. The third-order valence-corrected chi connectivity index (χ3v) is 6.52. The van der Waals surface area contributed by atoms with Crippen LogP contribution in [0.25, 0.3) is 0 Å². The first-order chi connectivity index (χ1) is 16.8. The number of carbonyl (C=O) groups is 2. The number of Topliss-reactive ketones (excluding diaryl/α,β-unsaturated/α-hetero) is 1. The highest BCUT2D eigenvalue weighted by Crippen LogP contribution is 2.41. The van der Waals surface area contributed by atoms with Crippen molar-refractivity contribution in [3.05, 3.63) is 95.6 Å². The number of nitrogens with zero attached hydrogens (tertiary/aromatic N) is 3. The van der Waals surface area contributed by atoms with Gasteiger partial charge in [0.2, 0.25) is 0 Å². The molecular weight excluding hydrogens is 438 g/mol. The third-order valence-electron chi connectivity index (χ3n) is 6.52. The second-order valence-electron chi connectivity index (χ2n) is 9.40. The molecule has 0 aromatic heterocycles. The summed E-state index contributed by atoms with van der Waals surface area (Å²) < 4.78 is 5.79. The Labute approximate surface area is 207 Å². The molecule has 3 aromatic rings. The van der Waals surface area contributed by atoms with E-state index >= 15 is 0 Å². The van der Waals surface area contributed by atoms with Gasteiger partial charge in [0.05, 0.1) is 12.1 Å². The molecule has 1 fully saturated rings. The minimum Gasteiger partial charge on any atom is -0.445 e. The molecule has 1 aliphatic heterocycles. The van der Waals surface area contributed by atoms with Gasteiger partial charge in [0.1, 0.15) is 12.4 Å². The molecular formula is C29H33N3O3. The summed E-state index contributed by atoms with van der Waals surface area (Å²) in [4.78, 5) is 32.3. The van der Waals surface area contributed by atoms with Crippen molar-refractivity contribution in [3.8, 4) is 0 Å². The maximum Gasteiger partial charge on any atom is 0.411 e.